The van der Waals surface area contributed by atoms with Crippen LogP contribution in [0.1, 0.15) is 46.0 Å². The molecule has 2 nitrogen and oxygen atoms in total. The summed E-state index contributed by atoms with van der Waals surface area (Å²) < 4.78 is 0. The molecule has 0 fully saturated rings. The van der Waals surface area contributed by atoms with Gasteiger partial charge < -0.3 is 5.32 Å². The number of nitrogens with one attached hydrogen (secondary N) is 1. The minimum absolute atomic E-state index is 0.0550. The molecule has 0 aliphatic rings. The zero-order valence-electron chi connectivity index (χ0n) is 8.81. The van der Waals surface area contributed by atoms with Crippen LogP contribution >= 0.6 is 0 Å². The van der Waals surface area contributed by atoms with E-state index in [1.165, 1.54) is 25.7 Å². The summed E-state index contributed by atoms with van der Waals surface area (Å²) in [6, 6.07) is 0. The number of amides is 1. The third kappa shape index (κ3) is 11.2. The summed E-state index contributed by atoms with van der Waals surface area (Å²) in [5, 5.41) is 2.76. The molecule has 0 aliphatic carbocycles. The molecule has 0 atom stereocenters. The van der Waals surface area contributed by atoms with Crippen LogP contribution in [-0.2, 0) is 4.79 Å². The van der Waals surface area contributed by atoms with Gasteiger partial charge in [-0.25, -0.2) is 0 Å². The zero-order valence-corrected chi connectivity index (χ0v) is 8.81. The van der Waals surface area contributed by atoms with E-state index < -0.39 is 0 Å². The molecule has 0 aromatic rings. The molecule has 1 N–H and O–H groups in total. The van der Waals surface area contributed by atoms with Crippen LogP contribution in [-0.4, -0.2) is 12.5 Å². The smallest absolute Gasteiger partial charge is 0.216 e. The van der Waals surface area contributed by atoms with Gasteiger partial charge in [0, 0.05) is 13.5 Å². The summed E-state index contributed by atoms with van der Waals surface area (Å²) in [5.74, 6) is 0.0550. The molecule has 0 aromatic carbocycles. The Kier molecular flexibility index (Phi) is 8.73. The number of rotatable bonds is 7. The van der Waals surface area contributed by atoms with E-state index in [-0.39, 0.29) is 5.91 Å². The Morgan fingerprint density at radius 2 is 1.92 bits per heavy atom. The van der Waals surface area contributed by atoms with Crippen LogP contribution in [0.15, 0.2) is 12.2 Å². The summed E-state index contributed by atoms with van der Waals surface area (Å²) in [6.45, 7) is 4.52. The Bertz CT molecular complexity index is 152. The summed E-state index contributed by atoms with van der Waals surface area (Å²) in [7, 11) is 0. The normalized spacial score (nSPS) is 10.6. The highest BCUT2D eigenvalue weighted by Gasteiger charge is 1.86. The second-order valence-corrected chi connectivity index (χ2v) is 3.24. The zero-order chi connectivity index (χ0) is 9.94. The van der Waals surface area contributed by atoms with Gasteiger partial charge in [0.25, 0.3) is 0 Å². The van der Waals surface area contributed by atoms with Crippen LogP contribution in [0.2, 0.25) is 0 Å². The molecule has 0 heterocycles. The molecule has 0 rings (SSSR count). The van der Waals surface area contributed by atoms with Gasteiger partial charge in [-0.1, -0.05) is 31.9 Å². The monoisotopic (exact) mass is 183 g/mol. The molecule has 13 heavy (non-hydrogen) atoms. The summed E-state index contributed by atoms with van der Waals surface area (Å²) >= 11 is 0. The average Bonchev–Trinajstić information content (AvgIpc) is 2.09. The van der Waals surface area contributed by atoms with E-state index in [2.05, 4.69) is 24.4 Å². The number of hydrogen-bond donors (Lipinski definition) is 1. The maximum Gasteiger partial charge on any atom is 0.216 e. The fourth-order valence-corrected chi connectivity index (χ4v) is 1.08. The van der Waals surface area contributed by atoms with Gasteiger partial charge >= 0.3 is 0 Å². The van der Waals surface area contributed by atoms with Crippen LogP contribution in [0.5, 0.6) is 0 Å². The van der Waals surface area contributed by atoms with Crippen molar-refractivity contribution in [2.45, 2.75) is 46.0 Å². The SMILES string of the molecule is CCCCC/C=C/CCNC(C)=O. The number of carbonyl (C=O) groups excluding carboxylic acids is 1. The van der Waals surface area contributed by atoms with Crippen molar-refractivity contribution < 1.29 is 4.79 Å². The topological polar surface area (TPSA) is 29.1 Å². The van der Waals surface area contributed by atoms with Crippen LogP contribution in [0, 0.1) is 0 Å². The Morgan fingerprint density at radius 3 is 2.54 bits per heavy atom. The summed E-state index contributed by atoms with van der Waals surface area (Å²) in [5.41, 5.74) is 0. The quantitative estimate of drug-likeness (QED) is 0.477. The highest BCUT2D eigenvalue weighted by Crippen LogP contribution is 1.99. The minimum Gasteiger partial charge on any atom is -0.356 e. The lowest BCUT2D eigenvalue weighted by Crippen LogP contribution is -2.20. The number of allylic oxidation sites excluding steroid dienone is 1. The lowest BCUT2D eigenvalue weighted by Gasteiger charge is -1.96. The maximum absolute atomic E-state index is 10.5. The van der Waals surface area contributed by atoms with Crippen molar-refractivity contribution in [2.75, 3.05) is 6.54 Å². The molecule has 0 saturated carbocycles. The number of hydrogen-bond acceptors (Lipinski definition) is 1. The van der Waals surface area contributed by atoms with Crippen LogP contribution < -0.4 is 5.32 Å². The van der Waals surface area contributed by atoms with Crippen molar-refractivity contribution in [1.82, 2.24) is 5.32 Å². The molecule has 0 saturated heterocycles. The van der Waals surface area contributed by atoms with Gasteiger partial charge in [-0.05, 0) is 19.3 Å². The van der Waals surface area contributed by atoms with Gasteiger partial charge in [-0.15, -0.1) is 0 Å². The second kappa shape index (κ2) is 9.30. The van der Waals surface area contributed by atoms with E-state index >= 15 is 0 Å². The Hall–Kier alpha value is -0.790. The van der Waals surface area contributed by atoms with E-state index in [1.807, 2.05) is 0 Å². The van der Waals surface area contributed by atoms with Crippen molar-refractivity contribution in [2.24, 2.45) is 0 Å². The number of carbonyl (C=O) groups is 1. The average molecular weight is 183 g/mol. The number of unbranched alkanes of at least 4 members (excludes halogenated alkanes) is 3. The van der Waals surface area contributed by atoms with Gasteiger partial charge in [-0.3, -0.25) is 4.79 Å². The molecule has 0 radical (unpaired) electrons. The minimum atomic E-state index is 0.0550. The van der Waals surface area contributed by atoms with Gasteiger partial charge in [-0.2, -0.15) is 0 Å². The van der Waals surface area contributed by atoms with Crippen molar-refractivity contribution in [3.8, 4) is 0 Å². The highest BCUT2D eigenvalue weighted by atomic mass is 16.1. The van der Waals surface area contributed by atoms with E-state index in [4.69, 9.17) is 0 Å². The second-order valence-electron chi connectivity index (χ2n) is 3.24. The van der Waals surface area contributed by atoms with Crippen LogP contribution in [0.25, 0.3) is 0 Å². The first-order valence-corrected chi connectivity index (χ1v) is 5.16. The molecular weight excluding hydrogens is 162 g/mol. The van der Waals surface area contributed by atoms with Gasteiger partial charge in [0.2, 0.25) is 5.91 Å². The van der Waals surface area contributed by atoms with Gasteiger partial charge in [0.1, 0.15) is 0 Å². The Balaban J connectivity index is 3.08. The Labute approximate surface area is 81.4 Å². The van der Waals surface area contributed by atoms with E-state index in [9.17, 15) is 4.79 Å². The fraction of sp³-hybridized carbons (Fsp3) is 0.727. The van der Waals surface area contributed by atoms with E-state index in [0.29, 0.717) is 0 Å². The standard InChI is InChI=1S/C11H21NO/c1-3-4-5-6-7-8-9-10-12-11(2)13/h7-8H,3-6,9-10H2,1-2H3,(H,12,13)/b8-7+. The highest BCUT2D eigenvalue weighted by molar-refractivity contribution is 5.72. The van der Waals surface area contributed by atoms with Gasteiger partial charge in [0.05, 0.1) is 0 Å². The lowest BCUT2D eigenvalue weighted by molar-refractivity contribution is -0.118. The molecule has 0 bridgehead atoms. The summed E-state index contributed by atoms with van der Waals surface area (Å²) in [6.07, 6.45) is 10.4. The molecule has 0 spiro atoms. The molecule has 0 aromatic heterocycles. The first-order valence-electron chi connectivity index (χ1n) is 5.16. The van der Waals surface area contributed by atoms with Gasteiger partial charge in [0.15, 0.2) is 0 Å². The third-order valence-corrected chi connectivity index (χ3v) is 1.83. The molecule has 2 heteroatoms. The first-order chi connectivity index (χ1) is 6.27. The molecule has 0 aliphatic heterocycles. The molecular formula is C11H21NO. The molecule has 0 unspecified atom stereocenters. The predicted molar refractivity (Wildman–Crippen MR) is 56.6 cm³/mol. The third-order valence-electron chi connectivity index (χ3n) is 1.83. The van der Waals surface area contributed by atoms with Crippen molar-refractivity contribution >= 4 is 5.91 Å². The van der Waals surface area contributed by atoms with E-state index in [1.54, 1.807) is 6.92 Å². The first kappa shape index (κ1) is 12.2. The van der Waals surface area contributed by atoms with Crippen molar-refractivity contribution in [3.05, 3.63) is 12.2 Å². The maximum atomic E-state index is 10.5. The fourth-order valence-electron chi connectivity index (χ4n) is 1.08. The molecule has 76 valence electrons. The van der Waals surface area contributed by atoms with Crippen LogP contribution in [0.4, 0.5) is 0 Å². The molecule has 1 amide bonds. The summed E-state index contributed by atoms with van der Waals surface area (Å²) in [4.78, 5) is 10.5. The van der Waals surface area contributed by atoms with E-state index in [0.717, 1.165) is 13.0 Å². The Morgan fingerprint density at radius 1 is 1.23 bits per heavy atom. The van der Waals surface area contributed by atoms with Crippen molar-refractivity contribution in [1.29, 1.82) is 0 Å². The lowest BCUT2D eigenvalue weighted by atomic mass is 10.2. The largest absolute Gasteiger partial charge is 0.356 e. The predicted octanol–water partition coefficient (Wildman–Crippen LogP) is 2.65. The van der Waals surface area contributed by atoms with Crippen molar-refractivity contribution in [3.63, 3.8) is 0 Å². The van der Waals surface area contributed by atoms with Crippen LogP contribution in [0.3, 0.4) is 0 Å².